The fourth-order valence-corrected chi connectivity index (χ4v) is 2.78. The average Bonchev–Trinajstić information content (AvgIpc) is 3.27. The highest BCUT2D eigenvalue weighted by molar-refractivity contribution is 9.10. The summed E-state index contributed by atoms with van der Waals surface area (Å²) in [5.41, 5.74) is 8.70. The first-order valence-electron chi connectivity index (χ1n) is 7.93. The number of likely N-dealkylation sites (N-methyl/N-ethyl adjacent to an activating group) is 1. The molecular weight excluding hydrogens is 328 g/mol. The van der Waals surface area contributed by atoms with Crippen LogP contribution >= 0.6 is 15.9 Å². The second kappa shape index (κ2) is 8.16. The molecule has 1 unspecified atom stereocenters. The summed E-state index contributed by atoms with van der Waals surface area (Å²) in [6.07, 6.45) is 4.61. The van der Waals surface area contributed by atoms with Crippen molar-refractivity contribution in [3.63, 3.8) is 0 Å². The monoisotopic (exact) mass is 354 g/mol. The van der Waals surface area contributed by atoms with E-state index in [1.54, 1.807) is 0 Å². The molecule has 1 aliphatic carbocycles. The van der Waals surface area contributed by atoms with Crippen LogP contribution in [0.5, 0.6) is 0 Å². The summed E-state index contributed by atoms with van der Waals surface area (Å²) in [4.78, 5) is 2.27. The third-order valence-electron chi connectivity index (χ3n) is 4.08. The van der Waals surface area contributed by atoms with Crippen molar-refractivity contribution in [2.75, 3.05) is 31.7 Å². The van der Waals surface area contributed by atoms with Crippen LogP contribution in [-0.4, -0.2) is 32.8 Å². The fourth-order valence-electron chi connectivity index (χ4n) is 2.37. The number of ether oxygens (including phenoxy) is 1. The summed E-state index contributed by atoms with van der Waals surface area (Å²) in [6.45, 7) is 4.78. The van der Waals surface area contributed by atoms with Crippen LogP contribution in [0.15, 0.2) is 22.7 Å². The zero-order chi connectivity index (χ0) is 15.2. The van der Waals surface area contributed by atoms with Gasteiger partial charge in [0.1, 0.15) is 0 Å². The van der Waals surface area contributed by atoms with E-state index < -0.39 is 0 Å². The molecule has 0 spiro atoms. The van der Waals surface area contributed by atoms with Crippen molar-refractivity contribution < 1.29 is 4.74 Å². The lowest BCUT2D eigenvalue weighted by Crippen LogP contribution is -2.26. The number of rotatable bonds is 9. The van der Waals surface area contributed by atoms with E-state index in [0.717, 1.165) is 43.0 Å². The van der Waals surface area contributed by atoms with Gasteiger partial charge in [0, 0.05) is 36.4 Å². The zero-order valence-electron chi connectivity index (χ0n) is 13.1. The van der Waals surface area contributed by atoms with Crippen LogP contribution in [0.4, 0.5) is 5.69 Å². The van der Waals surface area contributed by atoms with Gasteiger partial charge in [0.05, 0.1) is 6.61 Å². The van der Waals surface area contributed by atoms with Crippen molar-refractivity contribution in [3.8, 4) is 0 Å². The smallest absolute Gasteiger partial charge is 0.0641 e. The first kappa shape index (κ1) is 16.8. The van der Waals surface area contributed by atoms with Crippen molar-refractivity contribution in [2.45, 2.75) is 38.6 Å². The number of hydrogen-bond acceptors (Lipinski definition) is 3. The van der Waals surface area contributed by atoms with E-state index >= 15 is 0 Å². The Bertz CT molecular complexity index is 448. The summed E-state index contributed by atoms with van der Waals surface area (Å²) < 4.78 is 6.85. The van der Waals surface area contributed by atoms with Crippen LogP contribution in [0.2, 0.25) is 0 Å². The number of nitrogens with zero attached hydrogens (tertiary/aromatic N) is 1. The summed E-state index contributed by atoms with van der Waals surface area (Å²) in [5, 5.41) is 0. The third-order valence-corrected chi connectivity index (χ3v) is 4.57. The minimum atomic E-state index is 0.220. The number of halogens is 1. The highest BCUT2D eigenvalue weighted by Gasteiger charge is 2.21. The molecule has 2 N–H and O–H groups in total. The normalized spacial score (nSPS) is 16.0. The molecular formula is C17H27BrN2O. The van der Waals surface area contributed by atoms with E-state index in [0.29, 0.717) is 0 Å². The molecule has 118 valence electrons. The standard InChI is InChI=1S/C17H27BrN2O/c1-3-16(19)11-14-10-15(18)6-7-17(14)20(2)8-9-21-12-13-4-5-13/h6-7,10,13,16H,3-5,8-9,11-12,19H2,1-2H3. The van der Waals surface area contributed by atoms with Gasteiger partial charge in [0.15, 0.2) is 0 Å². The van der Waals surface area contributed by atoms with E-state index in [-0.39, 0.29) is 6.04 Å². The Kier molecular flexibility index (Phi) is 6.52. The molecule has 1 fully saturated rings. The van der Waals surface area contributed by atoms with Crippen molar-refractivity contribution in [1.29, 1.82) is 0 Å². The van der Waals surface area contributed by atoms with Crippen LogP contribution in [0.1, 0.15) is 31.7 Å². The summed E-state index contributed by atoms with van der Waals surface area (Å²) in [6, 6.07) is 6.67. The van der Waals surface area contributed by atoms with Gasteiger partial charge < -0.3 is 15.4 Å². The maximum atomic E-state index is 6.13. The van der Waals surface area contributed by atoms with Gasteiger partial charge in [-0.1, -0.05) is 22.9 Å². The van der Waals surface area contributed by atoms with E-state index in [2.05, 4.69) is 53.0 Å². The number of hydrogen-bond donors (Lipinski definition) is 1. The SMILES string of the molecule is CCC(N)Cc1cc(Br)ccc1N(C)CCOCC1CC1. The number of benzene rings is 1. The van der Waals surface area contributed by atoms with Gasteiger partial charge in [-0.05, 0) is 55.4 Å². The highest BCUT2D eigenvalue weighted by Crippen LogP contribution is 2.29. The molecule has 0 bridgehead atoms. The molecule has 1 saturated carbocycles. The van der Waals surface area contributed by atoms with Crippen molar-refractivity contribution in [2.24, 2.45) is 11.7 Å². The van der Waals surface area contributed by atoms with E-state index in [1.807, 2.05) is 0 Å². The van der Waals surface area contributed by atoms with Crippen molar-refractivity contribution in [3.05, 3.63) is 28.2 Å². The summed E-state index contributed by atoms with van der Waals surface area (Å²) >= 11 is 3.56. The molecule has 1 aromatic rings. The quantitative estimate of drug-likeness (QED) is 0.688. The number of nitrogens with two attached hydrogens (primary N) is 1. The lowest BCUT2D eigenvalue weighted by molar-refractivity contribution is 0.131. The van der Waals surface area contributed by atoms with Crippen LogP contribution in [0.25, 0.3) is 0 Å². The Hall–Kier alpha value is -0.580. The van der Waals surface area contributed by atoms with E-state index in [4.69, 9.17) is 10.5 Å². The van der Waals surface area contributed by atoms with Crippen LogP contribution in [0.3, 0.4) is 0 Å². The molecule has 0 saturated heterocycles. The highest BCUT2D eigenvalue weighted by atomic mass is 79.9. The maximum absolute atomic E-state index is 6.13. The van der Waals surface area contributed by atoms with Gasteiger partial charge in [0.25, 0.3) is 0 Å². The van der Waals surface area contributed by atoms with Gasteiger partial charge >= 0.3 is 0 Å². The maximum Gasteiger partial charge on any atom is 0.0641 e. The largest absolute Gasteiger partial charge is 0.379 e. The Balaban J connectivity index is 1.91. The molecule has 3 nitrogen and oxygen atoms in total. The van der Waals surface area contributed by atoms with Gasteiger partial charge in [-0.15, -0.1) is 0 Å². The molecule has 2 rings (SSSR count). The topological polar surface area (TPSA) is 38.5 Å². The van der Waals surface area contributed by atoms with Gasteiger partial charge in [-0.3, -0.25) is 0 Å². The Labute approximate surface area is 137 Å². The van der Waals surface area contributed by atoms with Gasteiger partial charge in [0.2, 0.25) is 0 Å². The first-order chi connectivity index (χ1) is 10.1. The summed E-state index contributed by atoms with van der Waals surface area (Å²) in [5.74, 6) is 0.834. The van der Waals surface area contributed by atoms with E-state index in [1.165, 1.54) is 24.1 Å². The molecule has 1 atom stereocenters. The molecule has 21 heavy (non-hydrogen) atoms. The average molecular weight is 355 g/mol. The first-order valence-corrected chi connectivity index (χ1v) is 8.72. The van der Waals surface area contributed by atoms with Crippen LogP contribution in [-0.2, 0) is 11.2 Å². The molecule has 1 aliphatic rings. The van der Waals surface area contributed by atoms with Crippen molar-refractivity contribution >= 4 is 21.6 Å². The molecule has 1 aromatic carbocycles. The van der Waals surface area contributed by atoms with E-state index in [9.17, 15) is 0 Å². The van der Waals surface area contributed by atoms with Gasteiger partial charge in [-0.2, -0.15) is 0 Å². The van der Waals surface area contributed by atoms with Crippen LogP contribution in [0, 0.1) is 5.92 Å². The predicted octanol–water partition coefficient (Wildman–Crippen LogP) is 3.59. The van der Waals surface area contributed by atoms with Gasteiger partial charge in [-0.25, -0.2) is 0 Å². The molecule has 0 aromatic heterocycles. The Morgan fingerprint density at radius 2 is 2.19 bits per heavy atom. The molecule has 0 heterocycles. The fraction of sp³-hybridized carbons (Fsp3) is 0.647. The molecule has 0 radical (unpaired) electrons. The minimum Gasteiger partial charge on any atom is -0.379 e. The summed E-state index contributed by atoms with van der Waals surface area (Å²) in [7, 11) is 2.13. The van der Waals surface area contributed by atoms with Crippen molar-refractivity contribution in [1.82, 2.24) is 0 Å². The lowest BCUT2D eigenvalue weighted by atomic mass is 10.0. The lowest BCUT2D eigenvalue weighted by Gasteiger charge is -2.24. The predicted molar refractivity (Wildman–Crippen MR) is 92.9 cm³/mol. The Morgan fingerprint density at radius 1 is 1.43 bits per heavy atom. The number of anilines is 1. The Morgan fingerprint density at radius 3 is 2.86 bits per heavy atom. The molecule has 4 heteroatoms. The second-order valence-corrected chi connectivity index (χ2v) is 7.00. The molecule has 0 aliphatic heterocycles. The minimum absolute atomic E-state index is 0.220. The molecule has 0 amide bonds. The zero-order valence-corrected chi connectivity index (χ0v) is 14.7. The third kappa shape index (κ3) is 5.61. The van der Waals surface area contributed by atoms with Crippen LogP contribution < -0.4 is 10.6 Å². The second-order valence-electron chi connectivity index (χ2n) is 6.09.